The Labute approximate surface area is 182 Å². The van der Waals surface area contributed by atoms with Crippen LogP contribution < -0.4 is 10.6 Å². The lowest BCUT2D eigenvalue weighted by molar-refractivity contribution is -0.119. The molecular formula is C22H31N5O2S. The van der Waals surface area contributed by atoms with E-state index in [2.05, 4.69) is 20.8 Å². The second kappa shape index (κ2) is 10.1. The van der Waals surface area contributed by atoms with Gasteiger partial charge in [-0.2, -0.15) is 0 Å². The summed E-state index contributed by atoms with van der Waals surface area (Å²) in [6, 6.07) is 7.55. The summed E-state index contributed by atoms with van der Waals surface area (Å²) in [6.45, 7) is 6.04. The van der Waals surface area contributed by atoms with Crippen LogP contribution in [0, 0.1) is 12.8 Å². The minimum Gasteiger partial charge on any atom is -0.353 e. The number of aryl methyl sites for hydroxylation is 1. The SMILES string of the molecule is Cc1cccc(C(=O)N[C@@H](c2nnc(SCC(=O)NC3CCCC3)n2C)C(C)C)c1. The number of thioether (sulfide) groups is 1. The van der Waals surface area contributed by atoms with E-state index in [0.717, 1.165) is 18.4 Å². The lowest BCUT2D eigenvalue weighted by Gasteiger charge is -2.22. The first kappa shape index (κ1) is 22.3. The third-order valence-electron chi connectivity index (χ3n) is 5.43. The lowest BCUT2D eigenvalue weighted by atomic mass is 10.0. The number of hydrogen-bond donors (Lipinski definition) is 2. The molecule has 8 heteroatoms. The van der Waals surface area contributed by atoms with Crippen LogP contribution in [0.2, 0.25) is 0 Å². The van der Waals surface area contributed by atoms with Gasteiger partial charge >= 0.3 is 0 Å². The molecular weight excluding hydrogens is 398 g/mol. The number of nitrogens with zero attached hydrogens (tertiary/aromatic N) is 3. The van der Waals surface area contributed by atoms with Gasteiger partial charge in [-0.15, -0.1) is 10.2 Å². The summed E-state index contributed by atoms with van der Waals surface area (Å²) >= 11 is 1.37. The molecule has 0 saturated heterocycles. The Morgan fingerprint density at radius 1 is 1.23 bits per heavy atom. The maximum atomic E-state index is 12.8. The number of carbonyl (C=O) groups excluding carboxylic acids is 2. The number of amides is 2. The first-order valence-corrected chi connectivity index (χ1v) is 11.5. The van der Waals surface area contributed by atoms with E-state index in [0.29, 0.717) is 28.3 Å². The van der Waals surface area contributed by atoms with E-state index in [-0.39, 0.29) is 23.8 Å². The largest absolute Gasteiger partial charge is 0.353 e. The first-order valence-electron chi connectivity index (χ1n) is 10.5. The summed E-state index contributed by atoms with van der Waals surface area (Å²) < 4.78 is 1.87. The zero-order valence-electron chi connectivity index (χ0n) is 18.1. The van der Waals surface area contributed by atoms with Crippen molar-refractivity contribution in [2.24, 2.45) is 13.0 Å². The smallest absolute Gasteiger partial charge is 0.251 e. The van der Waals surface area contributed by atoms with Gasteiger partial charge in [-0.05, 0) is 37.8 Å². The fraction of sp³-hybridized carbons (Fsp3) is 0.545. The van der Waals surface area contributed by atoms with E-state index in [1.165, 1.54) is 24.6 Å². The molecule has 2 amide bonds. The molecule has 2 N–H and O–H groups in total. The Balaban J connectivity index is 1.65. The highest BCUT2D eigenvalue weighted by Crippen LogP contribution is 2.25. The van der Waals surface area contributed by atoms with Crippen LogP contribution in [-0.4, -0.2) is 38.4 Å². The van der Waals surface area contributed by atoms with Crippen LogP contribution >= 0.6 is 11.8 Å². The highest BCUT2D eigenvalue weighted by atomic mass is 32.2. The summed E-state index contributed by atoms with van der Waals surface area (Å²) in [5, 5.41) is 15.4. The molecule has 3 rings (SSSR count). The molecule has 0 bridgehead atoms. The standard InChI is InChI=1S/C22H31N5O2S/c1-14(2)19(24-21(29)16-9-7-8-15(3)12-16)20-25-26-22(27(20)4)30-13-18(28)23-17-10-5-6-11-17/h7-9,12,14,17,19H,5-6,10-11,13H2,1-4H3,(H,23,28)(H,24,29)/t19-/m1/s1. The highest BCUT2D eigenvalue weighted by Gasteiger charge is 2.25. The molecule has 1 aromatic carbocycles. The minimum absolute atomic E-state index is 0.0320. The average molecular weight is 430 g/mol. The topological polar surface area (TPSA) is 88.9 Å². The van der Waals surface area contributed by atoms with Gasteiger partial charge in [-0.1, -0.05) is 56.1 Å². The summed E-state index contributed by atoms with van der Waals surface area (Å²) in [4.78, 5) is 25.0. The van der Waals surface area contributed by atoms with Crippen molar-refractivity contribution < 1.29 is 9.59 Å². The summed E-state index contributed by atoms with van der Waals surface area (Å²) in [6.07, 6.45) is 4.52. The Morgan fingerprint density at radius 3 is 2.63 bits per heavy atom. The number of carbonyl (C=O) groups is 2. The van der Waals surface area contributed by atoms with Crippen LogP contribution in [0.25, 0.3) is 0 Å². The number of hydrogen-bond acceptors (Lipinski definition) is 5. The van der Waals surface area contributed by atoms with Crippen molar-refractivity contribution in [1.29, 1.82) is 0 Å². The van der Waals surface area contributed by atoms with Crippen LogP contribution in [0.1, 0.15) is 67.3 Å². The molecule has 1 aliphatic carbocycles. The molecule has 1 aromatic heterocycles. The van der Waals surface area contributed by atoms with Gasteiger partial charge in [0.2, 0.25) is 5.91 Å². The monoisotopic (exact) mass is 429 g/mol. The second-order valence-electron chi connectivity index (χ2n) is 8.30. The van der Waals surface area contributed by atoms with Crippen molar-refractivity contribution in [2.45, 2.75) is 63.7 Å². The molecule has 30 heavy (non-hydrogen) atoms. The van der Waals surface area contributed by atoms with Crippen LogP contribution in [-0.2, 0) is 11.8 Å². The van der Waals surface area contributed by atoms with Crippen molar-refractivity contribution in [3.8, 4) is 0 Å². The van der Waals surface area contributed by atoms with E-state index in [1.807, 2.05) is 50.6 Å². The molecule has 1 fully saturated rings. The normalized spacial score (nSPS) is 15.4. The molecule has 162 valence electrons. The highest BCUT2D eigenvalue weighted by molar-refractivity contribution is 7.99. The van der Waals surface area contributed by atoms with Gasteiger partial charge in [0.15, 0.2) is 11.0 Å². The molecule has 0 unspecified atom stereocenters. The third kappa shape index (κ3) is 5.62. The quantitative estimate of drug-likeness (QED) is 0.628. The fourth-order valence-corrected chi connectivity index (χ4v) is 4.46. The molecule has 0 radical (unpaired) electrons. The number of aromatic nitrogens is 3. The number of benzene rings is 1. The maximum absolute atomic E-state index is 12.8. The van der Waals surface area contributed by atoms with Gasteiger partial charge in [0.05, 0.1) is 11.8 Å². The Hall–Kier alpha value is -2.35. The van der Waals surface area contributed by atoms with Crippen molar-refractivity contribution in [2.75, 3.05) is 5.75 Å². The number of rotatable bonds is 8. The fourth-order valence-electron chi connectivity index (χ4n) is 3.73. The lowest BCUT2D eigenvalue weighted by Crippen LogP contribution is -2.34. The predicted molar refractivity (Wildman–Crippen MR) is 118 cm³/mol. The van der Waals surface area contributed by atoms with E-state index < -0.39 is 0 Å². The molecule has 2 aromatic rings. The van der Waals surface area contributed by atoms with E-state index >= 15 is 0 Å². The molecule has 1 atom stereocenters. The summed E-state index contributed by atoms with van der Waals surface area (Å²) in [5.74, 6) is 1.02. The van der Waals surface area contributed by atoms with Gasteiger partial charge in [0, 0.05) is 18.7 Å². The van der Waals surface area contributed by atoms with Crippen molar-refractivity contribution >= 4 is 23.6 Å². The zero-order valence-corrected chi connectivity index (χ0v) is 19.0. The molecule has 7 nitrogen and oxygen atoms in total. The Morgan fingerprint density at radius 2 is 1.97 bits per heavy atom. The number of nitrogens with one attached hydrogen (secondary N) is 2. The van der Waals surface area contributed by atoms with Crippen LogP contribution in [0.3, 0.4) is 0 Å². The van der Waals surface area contributed by atoms with Crippen LogP contribution in [0.4, 0.5) is 0 Å². The molecule has 1 saturated carbocycles. The average Bonchev–Trinajstić information content (AvgIpc) is 3.34. The first-order chi connectivity index (χ1) is 14.3. The van der Waals surface area contributed by atoms with Crippen LogP contribution in [0.15, 0.2) is 29.4 Å². The summed E-state index contributed by atoms with van der Waals surface area (Å²) in [5.41, 5.74) is 1.66. The summed E-state index contributed by atoms with van der Waals surface area (Å²) in [7, 11) is 1.88. The Bertz CT molecular complexity index is 889. The van der Waals surface area contributed by atoms with E-state index in [9.17, 15) is 9.59 Å². The minimum atomic E-state index is -0.280. The van der Waals surface area contributed by atoms with Gasteiger partial charge in [-0.25, -0.2) is 0 Å². The van der Waals surface area contributed by atoms with E-state index in [1.54, 1.807) is 6.07 Å². The van der Waals surface area contributed by atoms with E-state index in [4.69, 9.17) is 0 Å². The predicted octanol–water partition coefficient (Wildman–Crippen LogP) is 3.40. The zero-order chi connectivity index (χ0) is 21.7. The van der Waals surface area contributed by atoms with Crippen LogP contribution in [0.5, 0.6) is 0 Å². The van der Waals surface area contributed by atoms with Gasteiger partial charge < -0.3 is 15.2 Å². The van der Waals surface area contributed by atoms with Gasteiger partial charge in [-0.3, -0.25) is 9.59 Å². The van der Waals surface area contributed by atoms with Crippen molar-refractivity contribution in [3.63, 3.8) is 0 Å². The third-order valence-corrected chi connectivity index (χ3v) is 6.45. The van der Waals surface area contributed by atoms with Gasteiger partial charge in [0.25, 0.3) is 5.91 Å². The Kier molecular flexibility index (Phi) is 7.53. The molecule has 0 aliphatic heterocycles. The van der Waals surface area contributed by atoms with Crippen molar-refractivity contribution in [1.82, 2.24) is 25.4 Å². The second-order valence-corrected chi connectivity index (χ2v) is 9.24. The maximum Gasteiger partial charge on any atom is 0.251 e. The molecule has 1 heterocycles. The van der Waals surface area contributed by atoms with Gasteiger partial charge in [0.1, 0.15) is 0 Å². The molecule has 0 spiro atoms. The van der Waals surface area contributed by atoms with Crippen molar-refractivity contribution in [3.05, 3.63) is 41.2 Å². The molecule has 1 aliphatic rings.